The number of rotatable bonds is 9. The fourth-order valence-corrected chi connectivity index (χ4v) is 5.34. The van der Waals surface area contributed by atoms with Crippen LogP contribution in [0.4, 0.5) is 10.1 Å². The molecular weight excluding hydrogens is 479 g/mol. The normalized spacial score (nSPS) is 14.6. The second-order valence-electron chi connectivity index (χ2n) is 8.86. The Morgan fingerprint density at radius 1 is 1.03 bits per heavy atom. The van der Waals surface area contributed by atoms with Crippen molar-refractivity contribution in [3.8, 4) is 11.5 Å². The maximum Gasteiger partial charge on any atom is 0.248 e. The monoisotopic (exact) mass is 510 g/mol. The molecule has 0 aliphatic heterocycles. The number of methoxy groups -OCH3 is 2. The molecule has 1 aliphatic rings. The number of halogens is 1. The molecule has 36 heavy (non-hydrogen) atoms. The molecule has 0 saturated heterocycles. The molecule has 0 bridgehead atoms. The van der Waals surface area contributed by atoms with E-state index < -0.39 is 11.9 Å². The van der Waals surface area contributed by atoms with Crippen LogP contribution in [0.3, 0.4) is 0 Å². The summed E-state index contributed by atoms with van der Waals surface area (Å²) < 4.78 is 24.7. The van der Waals surface area contributed by atoms with Gasteiger partial charge in [-0.2, -0.15) is 0 Å². The fraction of sp³-hybridized carbons (Fsp3) is 0.357. The predicted molar refractivity (Wildman–Crippen MR) is 139 cm³/mol. The summed E-state index contributed by atoms with van der Waals surface area (Å²) in [4.78, 5) is 30.1. The van der Waals surface area contributed by atoms with E-state index in [1.54, 1.807) is 30.3 Å². The number of carbonyl (C=O) groups excluding carboxylic acids is 2. The van der Waals surface area contributed by atoms with Crippen LogP contribution in [0, 0.1) is 5.82 Å². The number of ether oxygens (including phenoxy) is 2. The van der Waals surface area contributed by atoms with Crippen molar-refractivity contribution in [1.29, 1.82) is 0 Å². The Labute approximate surface area is 215 Å². The minimum atomic E-state index is -0.988. The standard InChI is InChI=1S/C28H31FN2O4S/c1-34-24-15-14-22(17-25(24)35-2)31(26(32)18-23-9-6-16-36-23)27(19-10-12-20(29)13-11-19)28(33)30-21-7-4-3-5-8-21/h6,9-17,21,27H,3-5,7-8,18H2,1-2H3,(H,30,33)/t27-/m0/s1. The van der Waals surface area contributed by atoms with Gasteiger partial charge < -0.3 is 14.8 Å². The summed E-state index contributed by atoms with van der Waals surface area (Å²) in [6.45, 7) is 0. The Balaban J connectivity index is 1.78. The first-order chi connectivity index (χ1) is 17.5. The van der Waals surface area contributed by atoms with Crippen LogP contribution in [0.15, 0.2) is 60.0 Å². The molecule has 6 nitrogen and oxygen atoms in total. The number of nitrogens with one attached hydrogen (secondary N) is 1. The Morgan fingerprint density at radius 2 is 1.75 bits per heavy atom. The largest absolute Gasteiger partial charge is 0.493 e. The summed E-state index contributed by atoms with van der Waals surface area (Å²) >= 11 is 1.48. The van der Waals surface area contributed by atoms with E-state index in [0.29, 0.717) is 22.7 Å². The van der Waals surface area contributed by atoms with Crippen molar-refractivity contribution in [3.63, 3.8) is 0 Å². The van der Waals surface area contributed by atoms with Crippen molar-refractivity contribution >= 4 is 28.8 Å². The molecule has 2 amide bonds. The zero-order valence-electron chi connectivity index (χ0n) is 20.5. The van der Waals surface area contributed by atoms with Gasteiger partial charge in [0.2, 0.25) is 11.8 Å². The first kappa shape index (κ1) is 25.7. The average molecular weight is 511 g/mol. The van der Waals surface area contributed by atoms with E-state index in [9.17, 15) is 14.0 Å². The highest BCUT2D eigenvalue weighted by molar-refractivity contribution is 7.10. The van der Waals surface area contributed by atoms with Gasteiger partial charge in [0.15, 0.2) is 11.5 Å². The zero-order chi connectivity index (χ0) is 25.5. The van der Waals surface area contributed by atoms with Crippen LogP contribution >= 0.6 is 11.3 Å². The molecule has 1 heterocycles. The SMILES string of the molecule is COc1ccc(N(C(=O)Cc2cccs2)[C@H](C(=O)NC2CCCCC2)c2ccc(F)cc2)cc1OC. The average Bonchev–Trinajstić information content (AvgIpc) is 3.41. The molecule has 190 valence electrons. The van der Waals surface area contributed by atoms with E-state index in [-0.39, 0.29) is 24.3 Å². The predicted octanol–water partition coefficient (Wildman–Crippen LogP) is 5.67. The Morgan fingerprint density at radius 3 is 2.39 bits per heavy atom. The molecule has 0 radical (unpaired) electrons. The lowest BCUT2D eigenvalue weighted by atomic mass is 9.94. The molecule has 1 aliphatic carbocycles. The van der Waals surface area contributed by atoms with E-state index in [2.05, 4.69) is 5.32 Å². The van der Waals surface area contributed by atoms with Gasteiger partial charge in [-0.15, -0.1) is 11.3 Å². The number of hydrogen-bond acceptors (Lipinski definition) is 5. The van der Waals surface area contributed by atoms with Crippen molar-refractivity contribution in [2.24, 2.45) is 0 Å². The molecule has 1 atom stereocenters. The second-order valence-corrected chi connectivity index (χ2v) is 9.89. The third-order valence-electron chi connectivity index (χ3n) is 6.46. The molecule has 8 heteroatoms. The molecule has 1 aromatic heterocycles. The van der Waals surface area contributed by atoms with Crippen LogP contribution < -0.4 is 19.7 Å². The van der Waals surface area contributed by atoms with E-state index in [1.807, 2.05) is 17.5 Å². The molecule has 0 unspecified atom stereocenters. The van der Waals surface area contributed by atoms with Gasteiger partial charge in [0.05, 0.1) is 20.6 Å². The van der Waals surface area contributed by atoms with E-state index >= 15 is 0 Å². The lowest BCUT2D eigenvalue weighted by Gasteiger charge is -2.33. The molecule has 4 rings (SSSR count). The second kappa shape index (κ2) is 12.0. The Hall–Kier alpha value is -3.39. The lowest BCUT2D eigenvalue weighted by molar-refractivity contribution is -0.127. The van der Waals surface area contributed by atoms with Crippen LogP contribution in [0.1, 0.15) is 48.6 Å². The smallest absolute Gasteiger partial charge is 0.248 e. The molecule has 2 aromatic carbocycles. The molecular formula is C28H31FN2O4S. The van der Waals surface area contributed by atoms with Gasteiger partial charge in [0.1, 0.15) is 11.9 Å². The molecule has 3 aromatic rings. The third kappa shape index (κ3) is 6.05. The summed E-state index contributed by atoms with van der Waals surface area (Å²) in [6, 6.07) is 13.7. The minimum Gasteiger partial charge on any atom is -0.493 e. The van der Waals surface area contributed by atoms with E-state index in [1.165, 1.54) is 42.6 Å². The number of amides is 2. The number of carbonyl (C=O) groups is 2. The molecule has 1 saturated carbocycles. The van der Waals surface area contributed by atoms with Gasteiger partial charge in [-0.25, -0.2) is 4.39 Å². The van der Waals surface area contributed by atoms with Crippen LogP contribution in [-0.4, -0.2) is 32.1 Å². The molecule has 1 fully saturated rings. The molecule has 0 spiro atoms. The Bertz CT molecular complexity index is 1160. The van der Waals surface area contributed by atoms with Crippen molar-refractivity contribution in [2.75, 3.05) is 19.1 Å². The van der Waals surface area contributed by atoms with Gasteiger partial charge in [-0.3, -0.25) is 14.5 Å². The van der Waals surface area contributed by atoms with Crippen LogP contribution in [0.25, 0.3) is 0 Å². The summed E-state index contributed by atoms with van der Waals surface area (Å²) in [5, 5.41) is 5.08. The highest BCUT2D eigenvalue weighted by Crippen LogP contribution is 2.36. The van der Waals surface area contributed by atoms with Crippen LogP contribution in [0.5, 0.6) is 11.5 Å². The number of benzene rings is 2. The van der Waals surface area contributed by atoms with Crippen LogP contribution in [0.2, 0.25) is 0 Å². The van der Waals surface area contributed by atoms with Gasteiger partial charge in [-0.05, 0) is 54.1 Å². The maximum absolute atomic E-state index is 13.8. The first-order valence-electron chi connectivity index (χ1n) is 12.1. The quantitative estimate of drug-likeness (QED) is 0.403. The summed E-state index contributed by atoms with van der Waals surface area (Å²) in [5.74, 6) is -0.000238. The van der Waals surface area contributed by atoms with Gasteiger partial charge in [-0.1, -0.05) is 37.5 Å². The van der Waals surface area contributed by atoms with E-state index in [4.69, 9.17) is 9.47 Å². The highest BCUT2D eigenvalue weighted by Gasteiger charge is 2.34. The van der Waals surface area contributed by atoms with Gasteiger partial charge in [0.25, 0.3) is 0 Å². The lowest BCUT2D eigenvalue weighted by Crippen LogP contribution is -2.47. The Kier molecular flexibility index (Phi) is 8.59. The van der Waals surface area contributed by atoms with Gasteiger partial charge >= 0.3 is 0 Å². The number of hydrogen-bond donors (Lipinski definition) is 1. The van der Waals surface area contributed by atoms with Crippen molar-refractivity contribution < 1.29 is 23.5 Å². The third-order valence-corrected chi connectivity index (χ3v) is 7.34. The topological polar surface area (TPSA) is 67.9 Å². The van der Waals surface area contributed by atoms with Crippen molar-refractivity contribution in [3.05, 3.63) is 76.2 Å². The van der Waals surface area contributed by atoms with Gasteiger partial charge in [0, 0.05) is 22.7 Å². The van der Waals surface area contributed by atoms with Crippen LogP contribution in [-0.2, 0) is 16.0 Å². The first-order valence-corrected chi connectivity index (χ1v) is 13.0. The van der Waals surface area contributed by atoms with Crippen molar-refractivity contribution in [1.82, 2.24) is 5.32 Å². The van der Waals surface area contributed by atoms with E-state index in [0.717, 1.165) is 37.0 Å². The minimum absolute atomic E-state index is 0.0499. The summed E-state index contributed by atoms with van der Waals surface area (Å²) in [5.41, 5.74) is 1.02. The summed E-state index contributed by atoms with van der Waals surface area (Å²) in [7, 11) is 3.06. The zero-order valence-corrected chi connectivity index (χ0v) is 21.4. The molecule has 1 N–H and O–H groups in total. The summed E-state index contributed by atoms with van der Waals surface area (Å²) in [6.07, 6.45) is 5.21. The number of anilines is 1. The number of thiophene rings is 1. The highest BCUT2D eigenvalue weighted by atomic mass is 32.1. The fourth-order valence-electron chi connectivity index (χ4n) is 4.65. The maximum atomic E-state index is 13.8. The van der Waals surface area contributed by atoms with Crippen molar-refractivity contribution in [2.45, 2.75) is 50.6 Å². The number of nitrogens with zero attached hydrogens (tertiary/aromatic N) is 1.